The maximum Gasteiger partial charge on any atom is 0.256 e. The summed E-state index contributed by atoms with van der Waals surface area (Å²) in [5.74, 6) is -2.96. The number of carbonyl (C=O) groups is 1. The molecule has 4 heterocycles. The average Bonchev–Trinajstić information content (AvgIpc) is 3.39. The number of carbonyl (C=O) groups excluding carboxylic acids is 1. The second kappa shape index (κ2) is 9.72. The molecule has 1 N–H and O–H groups in total. The van der Waals surface area contributed by atoms with Crippen molar-refractivity contribution >= 4 is 28.4 Å². The topological polar surface area (TPSA) is 89.6 Å². The van der Waals surface area contributed by atoms with Crippen LogP contribution < -0.4 is 10.1 Å². The number of imidazole rings is 1. The Kier molecular flexibility index (Phi) is 5.64. The number of piperidine rings is 1. The van der Waals surface area contributed by atoms with Crippen molar-refractivity contribution in [3.8, 4) is 17.0 Å². The summed E-state index contributed by atoms with van der Waals surface area (Å²) >= 11 is 0. The van der Waals surface area contributed by atoms with E-state index in [2.05, 4.69) is 20.4 Å². The zero-order chi connectivity index (χ0) is 29.8. The lowest BCUT2D eigenvalue weighted by atomic mass is 10.0. The van der Waals surface area contributed by atoms with E-state index in [1.807, 2.05) is 0 Å². The first-order chi connectivity index (χ1) is 19.3. The van der Waals surface area contributed by atoms with Crippen LogP contribution in [-0.2, 0) is 11.3 Å². The van der Waals surface area contributed by atoms with Crippen molar-refractivity contribution in [1.82, 2.24) is 29.0 Å². The zero-order valence-corrected chi connectivity index (χ0v) is 20.2. The van der Waals surface area contributed by atoms with Gasteiger partial charge in [0.05, 0.1) is 43.5 Å². The molecule has 9 nitrogen and oxygen atoms in total. The van der Waals surface area contributed by atoms with Crippen LogP contribution in [0, 0.1) is 18.6 Å². The van der Waals surface area contributed by atoms with Gasteiger partial charge in [0.1, 0.15) is 23.0 Å². The minimum atomic E-state index is -2.88. The quantitative estimate of drug-likeness (QED) is 0.373. The number of likely N-dealkylation sites (tertiary alicyclic amines) is 1. The number of halogens is 5. The Morgan fingerprint density at radius 3 is 2.76 bits per heavy atom. The van der Waals surface area contributed by atoms with Crippen LogP contribution in [-0.4, -0.2) is 73.8 Å². The molecule has 38 heavy (non-hydrogen) atoms. The summed E-state index contributed by atoms with van der Waals surface area (Å²) in [6.07, 6.45) is -3.37. The smallest absolute Gasteiger partial charge is 0.256 e. The third kappa shape index (κ3) is 4.47. The molecule has 1 aromatic carbocycles. The maximum atomic E-state index is 15.3. The van der Waals surface area contributed by atoms with Crippen molar-refractivity contribution in [2.75, 3.05) is 25.5 Å². The van der Waals surface area contributed by atoms with Gasteiger partial charge in [0, 0.05) is 17.5 Å². The molecule has 0 bridgehead atoms. The van der Waals surface area contributed by atoms with E-state index < -0.39 is 56.1 Å². The molecule has 0 spiro atoms. The van der Waals surface area contributed by atoms with Gasteiger partial charge in [-0.25, -0.2) is 31.5 Å². The van der Waals surface area contributed by atoms with E-state index in [0.29, 0.717) is 0 Å². The standard InChI is InChI=1S/C24H24F5N7O2/c1-11-30-21-14(25)6-13(7-18(21)35(11)10-19(28)29)20-16(27)9-36-22(20)23(38-3)32-24(33-36)31-17-4-5-34(12(2)37)8-15(17)26/h6-7,9,15,17,19H,4-5,8,10H2,1-3H3,(H,31,33)/t15-,17+/m1/s1/i2D3. The number of ether oxygens (including phenoxy) is 1. The van der Waals surface area contributed by atoms with Gasteiger partial charge in [-0.15, -0.1) is 5.10 Å². The molecule has 14 heteroatoms. The van der Waals surface area contributed by atoms with Crippen LogP contribution in [0.4, 0.5) is 27.9 Å². The number of methoxy groups -OCH3 is 1. The number of aromatic nitrogens is 5. The third-order valence-corrected chi connectivity index (χ3v) is 6.50. The lowest BCUT2D eigenvalue weighted by Crippen LogP contribution is -2.49. The van der Waals surface area contributed by atoms with Gasteiger partial charge < -0.3 is 19.5 Å². The first-order valence-corrected chi connectivity index (χ1v) is 11.6. The van der Waals surface area contributed by atoms with Gasteiger partial charge in [-0.3, -0.25) is 4.79 Å². The average molecular weight is 541 g/mol. The van der Waals surface area contributed by atoms with E-state index in [4.69, 9.17) is 8.85 Å². The fourth-order valence-electron chi connectivity index (χ4n) is 4.73. The molecular formula is C24H24F5N7O2. The molecule has 3 aromatic heterocycles. The van der Waals surface area contributed by atoms with Crippen LogP contribution in [0.25, 0.3) is 27.7 Å². The van der Waals surface area contributed by atoms with Gasteiger partial charge in [0.25, 0.3) is 6.43 Å². The molecule has 0 unspecified atom stereocenters. The number of rotatable bonds is 6. The van der Waals surface area contributed by atoms with Gasteiger partial charge in [-0.05, 0) is 31.0 Å². The number of aryl methyl sites for hydroxylation is 1. The molecule has 1 fully saturated rings. The summed E-state index contributed by atoms with van der Waals surface area (Å²) in [7, 11) is 1.25. The van der Waals surface area contributed by atoms with E-state index in [-0.39, 0.29) is 58.3 Å². The second-order valence-corrected chi connectivity index (χ2v) is 8.88. The van der Waals surface area contributed by atoms with E-state index in [1.54, 1.807) is 0 Å². The number of fused-ring (bicyclic) bond motifs is 2. The molecule has 4 aromatic rings. The highest BCUT2D eigenvalue weighted by Crippen LogP contribution is 2.37. The highest BCUT2D eigenvalue weighted by molar-refractivity contribution is 5.90. The second-order valence-electron chi connectivity index (χ2n) is 8.88. The van der Waals surface area contributed by atoms with Crippen LogP contribution in [0.15, 0.2) is 18.3 Å². The lowest BCUT2D eigenvalue weighted by Gasteiger charge is -2.34. The van der Waals surface area contributed by atoms with Crippen LogP contribution in [0.3, 0.4) is 0 Å². The monoisotopic (exact) mass is 540 g/mol. The number of benzene rings is 1. The Bertz CT molecular complexity index is 1640. The largest absolute Gasteiger partial charge is 0.479 e. The van der Waals surface area contributed by atoms with E-state index in [0.717, 1.165) is 26.2 Å². The summed E-state index contributed by atoms with van der Waals surface area (Å²) in [5, 5.41) is 6.97. The van der Waals surface area contributed by atoms with E-state index in [1.165, 1.54) is 20.1 Å². The van der Waals surface area contributed by atoms with E-state index >= 15 is 8.78 Å². The summed E-state index contributed by atoms with van der Waals surface area (Å²) < 4.78 is 101. The van der Waals surface area contributed by atoms with Crippen molar-refractivity contribution in [3.63, 3.8) is 0 Å². The fraction of sp³-hybridized carbons (Fsp3) is 0.417. The molecule has 0 aliphatic carbocycles. The minimum Gasteiger partial charge on any atom is -0.479 e. The molecule has 1 saturated heterocycles. The predicted octanol–water partition coefficient (Wildman–Crippen LogP) is 3.98. The highest BCUT2D eigenvalue weighted by Gasteiger charge is 2.31. The van der Waals surface area contributed by atoms with Crippen LogP contribution in [0.5, 0.6) is 5.88 Å². The molecule has 5 rings (SSSR count). The first kappa shape index (κ1) is 22.1. The summed E-state index contributed by atoms with van der Waals surface area (Å²) in [5.41, 5.74) is -0.245. The Labute approximate surface area is 217 Å². The predicted molar refractivity (Wildman–Crippen MR) is 128 cm³/mol. The third-order valence-electron chi connectivity index (χ3n) is 6.50. The number of alkyl halides is 3. The number of nitrogens with one attached hydrogen (secondary N) is 1. The van der Waals surface area contributed by atoms with Crippen molar-refractivity contribution in [2.45, 2.75) is 45.4 Å². The van der Waals surface area contributed by atoms with Gasteiger partial charge in [0.15, 0.2) is 11.6 Å². The fourth-order valence-corrected chi connectivity index (χ4v) is 4.73. The van der Waals surface area contributed by atoms with Crippen molar-refractivity contribution in [3.05, 3.63) is 35.8 Å². The molecule has 1 aliphatic rings. The van der Waals surface area contributed by atoms with Crippen molar-refractivity contribution < 1.29 is 35.6 Å². The minimum absolute atomic E-state index is 0.000776. The Morgan fingerprint density at radius 2 is 2.08 bits per heavy atom. The summed E-state index contributed by atoms with van der Waals surface area (Å²) in [6, 6.07) is 1.47. The van der Waals surface area contributed by atoms with Gasteiger partial charge in [-0.1, -0.05) is 0 Å². The van der Waals surface area contributed by atoms with Crippen molar-refractivity contribution in [2.24, 2.45) is 0 Å². The summed E-state index contributed by atoms with van der Waals surface area (Å²) in [4.78, 5) is 21.2. The van der Waals surface area contributed by atoms with Gasteiger partial charge >= 0.3 is 0 Å². The van der Waals surface area contributed by atoms with Crippen molar-refractivity contribution in [1.29, 1.82) is 0 Å². The first-order valence-electron chi connectivity index (χ1n) is 13.1. The molecule has 202 valence electrons. The van der Waals surface area contributed by atoms with Gasteiger partial charge in [0.2, 0.25) is 17.7 Å². The SMILES string of the molecule is [2H]C([2H])([2H])C(=O)N1CC[C@H](Nc2nc(OC)c3c(-c4cc(F)c5nc(C)n(CC(F)F)c5c4)c(F)cn3n2)[C@H](F)C1. The zero-order valence-electron chi connectivity index (χ0n) is 23.2. The van der Waals surface area contributed by atoms with Crippen LogP contribution in [0.1, 0.15) is 23.2 Å². The molecule has 0 saturated carbocycles. The molecule has 1 amide bonds. The maximum absolute atomic E-state index is 15.3. The molecule has 1 aliphatic heterocycles. The van der Waals surface area contributed by atoms with Gasteiger partial charge in [-0.2, -0.15) is 4.98 Å². The normalized spacial score (nSPS) is 19.6. The van der Waals surface area contributed by atoms with Crippen LogP contribution >= 0.6 is 0 Å². The van der Waals surface area contributed by atoms with E-state index in [9.17, 15) is 18.0 Å². The van der Waals surface area contributed by atoms with Crippen LogP contribution in [0.2, 0.25) is 0 Å². The molecule has 2 atom stereocenters. The Hall–Kier alpha value is -3.97. The number of nitrogens with zero attached hydrogens (tertiary/aromatic N) is 6. The lowest BCUT2D eigenvalue weighted by molar-refractivity contribution is -0.131. The number of hydrogen-bond acceptors (Lipinski definition) is 6. The molecule has 0 radical (unpaired) electrons. The number of anilines is 1. The number of amides is 1. The highest BCUT2D eigenvalue weighted by atomic mass is 19.3. The molecular weight excluding hydrogens is 513 g/mol. The number of hydrogen-bond donors (Lipinski definition) is 1. The summed E-state index contributed by atoms with van der Waals surface area (Å²) in [6.45, 7) is -2.63. The Morgan fingerprint density at radius 1 is 1.29 bits per heavy atom. The Balaban J connectivity index is 1.49.